The second-order valence-corrected chi connectivity index (χ2v) is 5.62. The molecular formula is C19H24N2O4. The first-order chi connectivity index (χ1) is 12.1. The quantitative estimate of drug-likeness (QED) is 0.517. The van der Waals surface area contributed by atoms with Crippen molar-refractivity contribution in [3.8, 4) is 5.75 Å². The van der Waals surface area contributed by atoms with E-state index >= 15 is 0 Å². The third-order valence-corrected chi connectivity index (χ3v) is 3.69. The van der Waals surface area contributed by atoms with Gasteiger partial charge in [-0.15, -0.1) is 0 Å². The van der Waals surface area contributed by atoms with E-state index in [0.29, 0.717) is 6.54 Å². The Bertz CT molecular complexity index is 755. The van der Waals surface area contributed by atoms with Crippen LogP contribution in [-0.4, -0.2) is 29.0 Å². The lowest BCUT2D eigenvalue weighted by Crippen LogP contribution is -2.25. The van der Waals surface area contributed by atoms with Crippen molar-refractivity contribution in [1.29, 1.82) is 0 Å². The molecule has 6 nitrogen and oxygen atoms in total. The maximum absolute atomic E-state index is 12.0. The molecule has 1 heterocycles. The maximum atomic E-state index is 12.0. The molecule has 0 unspecified atom stereocenters. The van der Waals surface area contributed by atoms with Crippen LogP contribution in [-0.2, 0) is 17.7 Å². The van der Waals surface area contributed by atoms with E-state index in [1.807, 2.05) is 31.2 Å². The van der Waals surface area contributed by atoms with Gasteiger partial charge in [-0.1, -0.05) is 32.4 Å². The van der Waals surface area contributed by atoms with Crippen molar-refractivity contribution in [2.75, 3.05) is 13.2 Å². The molecule has 0 aliphatic carbocycles. The van der Waals surface area contributed by atoms with Crippen LogP contribution in [0.4, 0.5) is 0 Å². The summed E-state index contributed by atoms with van der Waals surface area (Å²) in [5.41, 5.74) is 1.10. The van der Waals surface area contributed by atoms with Gasteiger partial charge in [-0.05, 0) is 36.6 Å². The van der Waals surface area contributed by atoms with E-state index in [-0.39, 0.29) is 24.5 Å². The molecule has 1 aromatic carbocycles. The molecule has 134 valence electrons. The molecule has 0 radical (unpaired) electrons. The molecule has 0 aliphatic rings. The molecule has 2 rings (SSSR count). The van der Waals surface area contributed by atoms with Crippen LogP contribution in [0.3, 0.4) is 0 Å². The summed E-state index contributed by atoms with van der Waals surface area (Å²) in [5, 5.41) is 4.06. The highest BCUT2D eigenvalue weighted by atomic mass is 16.6. The number of rotatable bonds is 9. The molecule has 0 saturated heterocycles. The van der Waals surface area contributed by atoms with Crippen molar-refractivity contribution in [2.24, 2.45) is 0 Å². The number of aryl methyl sites for hydroxylation is 2. The van der Waals surface area contributed by atoms with Gasteiger partial charge in [0.1, 0.15) is 19.0 Å². The molecule has 0 N–H and O–H groups in total. The number of hydrogen-bond donors (Lipinski definition) is 0. The molecule has 0 atom stereocenters. The van der Waals surface area contributed by atoms with Crippen LogP contribution in [0.25, 0.3) is 0 Å². The SMILES string of the molecule is CCCCn1nc(C(=O)OCCOc2cccc(CC)c2)ccc1=O. The Hall–Kier alpha value is -2.63. The predicted molar refractivity (Wildman–Crippen MR) is 95.0 cm³/mol. The van der Waals surface area contributed by atoms with Gasteiger partial charge in [-0.3, -0.25) is 4.79 Å². The van der Waals surface area contributed by atoms with Crippen molar-refractivity contribution >= 4 is 5.97 Å². The number of unbranched alkanes of at least 4 members (excludes halogenated alkanes) is 1. The summed E-state index contributed by atoms with van der Waals surface area (Å²) in [6.07, 6.45) is 2.71. The van der Waals surface area contributed by atoms with Crippen molar-refractivity contribution in [2.45, 2.75) is 39.7 Å². The van der Waals surface area contributed by atoms with Crippen molar-refractivity contribution < 1.29 is 14.3 Å². The Labute approximate surface area is 147 Å². The maximum Gasteiger partial charge on any atom is 0.358 e. The van der Waals surface area contributed by atoms with Gasteiger partial charge in [-0.25, -0.2) is 9.48 Å². The van der Waals surface area contributed by atoms with E-state index in [2.05, 4.69) is 12.0 Å². The third kappa shape index (κ3) is 5.74. The molecule has 6 heteroatoms. The average molecular weight is 344 g/mol. The average Bonchev–Trinajstić information content (AvgIpc) is 2.64. The monoisotopic (exact) mass is 344 g/mol. The minimum Gasteiger partial charge on any atom is -0.490 e. The minimum absolute atomic E-state index is 0.116. The zero-order chi connectivity index (χ0) is 18.1. The standard InChI is InChI=1S/C19H24N2O4/c1-3-5-11-21-18(22)10-9-17(20-21)19(23)25-13-12-24-16-8-6-7-15(4-2)14-16/h6-10,14H,3-5,11-13H2,1-2H3. The van der Waals surface area contributed by atoms with Crippen LogP contribution in [0.2, 0.25) is 0 Å². The molecule has 0 aliphatic heterocycles. The van der Waals surface area contributed by atoms with Crippen LogP contribution < -0.4 is 10.3 Å². The summed E-state index contributed by atoms with van der Waals surface area (Å²) in [4.78, 5) is 23.7. The molecule has 1 aromatic heterocycles. The highest BCUT2D eigenvalue weighted by Gasteiger charge is 2.11. The first-order valence-electron chi connectivity index (χ1n) is 8.61. The molecule has 0 bridgehead atoms. The number of nitrogens with zero attached hydrogens (tertiary/aromatic N) is 2. The predicted octanol–water partition coefficient (Wildman–Crippen LogP) is 2.84. The van der Waals surface area contributed by atoms with E-state index < -0.39 is 5.97 Å². The lowest BCUT2D eigenvalue weighted by molar-refractivity contribution is 0.0440. The third-order valence-electron chi connectivity index (χ3n) is 3.69. The first-order valence-corrected chi connectivity index (χ1v) is 8.61. The molecule has 0 spiro atoms. The van der Waals surface area contributed by atoms with Crippen molar-refractivity contribution in [1.82, 2.24) is 9.78 Å². The number of esters is 1. The summed E-state index contributed by atoms with van der Waals surface area (Å²) in [6.45, 7) is 4.97. The van der Waals surface area contributed by atoms with E-state index in [1.165, 1.54) is 22.4 Å². The molecule has 0 amide bonds. The van der Waals surface area contributed by atoms with Crippen LogP contribution in [0.1, 0.15) is 42.7 Å². The van der Waals surface area contributed by atoms with Crippen molar-refractivity contribution in [3.05, 3.63) is 58.0 Å². The van der Waals surface area contributed by atoms with Crippen LogP contribution in [0, 0.1) is 0 Å². The number of aromatic nitrogens is 2. The van der Waals surface area contributed by atoms with E-state index in [9.17, 15) is 9.59 Å². The second-order valence-electron chi connectivity index (χ2n) is 5.62. The lowest BCUT2D eigenvalue weighted by Gasteiger charge is -2.09. The number of carbonyl (C=O) groups is 1. The first kappa shape index (κ1) is 18.7. The lowest BCUT2D eigenvalue weighted by atomic mass is 10.2. The normalized spacial score (nSPS) is 10.5. The molecule has 2 aromatic rings. The molecule has 25 heavy (non-hydrogen) atoms. The number of carbonyl (C=O) groups excluding carboxylic acids is 1. The minimum atomic E-state index is -0.559. The molecular weight excluding hydrogens is 320 g/mol. The topological polar surface area (TPSA) is 70.4 Å². The Morgan fingerprint density at radius 2 is 2.00 bits per heavy atom. The molecule has 0 saturated carbocycles. The van der Waals surface area contributed by atoms with Crippen LogP contribution in [0.15, 0.2) is 41.2 Å². The Morgan fingerprint density at radius 1 is 1.16 bits per heavy atom. The van der Waals surface area contributed by atoms with E-state index in [4.69, 9.17) is 9.47 Å². The number of ether oxygens (including phenoxy) is 2. The van der Waals surface area contributed by atoms with Gasteiger partial charge in [0.25, 0.3) is 5.56 Å². The van der Waals surface area contributed by atoms with Crippen LogP contribution in [0.5, 0.6) is 5.75 Å². The highest BCUT2D eigenvalue weighted by Crippen LogP contribution is 2.13. The molecule has 0 fully saturated rings. The largest absolute Gasteiger partial charge is 0.490 e. The Balaban J connectivity index is 1.84. The second kappa shape index (κ2) is 9.61. The Kier molecular flexibility index (Phi) is 7.19. The highest BCUT2D eigenvalue weighted by molar-refractivity contribution is 5.86. The van der Waals surface area contributed by atoms with Crippen molar-refractivity contribution in [3.63, 3.8) is 0 Å². The summed E-state index contributed by atoms with van der Waals surface area (Å²) in [7, 11) is 0. The fourth-order valence-electron chi connectivity index (χ4n) is 2.25. The summed E-state index contributed by atoms with van der Waals surface area (Å²) < 4.78 is 12.0. The van der Waals surface area contributed by atoms with Gasteiger partial charge in [0.05, 0.1) is 0 Å². The van der Waals surface area contributed by atoms with Gasteiger partial charge in [0.15, 0.2) is 5.69 Å². The van der Waals surface area contributed by atoms with Gasteiger partial charge in [0, 0.05) is 12.6 Å². The summed E-state index contributed by atoms with van der Waals surface area (Å²) >= 11 is 0. The fraction of sp³-hybridized carbons (Fsp3) is 0.421. The smallest absolute Gasteiger partial charge is 0.358 e. The van der Waals surface area contributed by atoms with Crippen LogP contribution >= 0.6 is 0 Å². The fourth-order valence-corrected chi connectivity index (χ4v) is 2.25. The Morgan fingerprint density at radius 3 is 2.76 bits per heavy atom. The zero-order valence-corrected chi connectivity index (χ0v) is 14.7. The summed E-state index contributed by atoms with van der Waals surface area (Å²) in [5.74, 6) is 0.192. The zero-order valence-electron chi connectivity index (χ0n) is 14.7. The summed E-state index contributed by atoms with van der Waals surface area (Å²) in [6, 6.07) is 10.5. The van der Waals surface area contributed by atoms with Gasteiger partial charge >= 0.3 is 5.97 Å². The van der Waals surface area contributed by atoms with Gasteiger partial charge in [-0.2, -0.15) is 5.10 Å². The number of hydrogen-bond acceptors (Lipinski definition) is 5. The number of benzene rings is 1. The van der Waals surface area contributed by atoms with Gasteiger partial charge < -0.3 is 9.47 Å². The van der Waals surface area contributed by atoms with Gasteiger partial charge in [0.2, 0.25) is 0 Å². The van der Waals surface area contributed by atoms with E-state index in [0.717, 1.165) is 25.0 Å². The van der Waals surface area contributed by atoms with E-state index in [1.54, 1.807) is 0 Å².